The van der Waals surface area contributed by atoms with Crippen LogP contribution in [0.1, 0.15) is 6.42 Å². The Morgan fingerprint density at radius 2 is 2.28 bits per heavy atom. The maximum Gasteiger partial charge on any atom is 0.324 e. The van der Waals surface area contributed by atoms with E-state index in [9.17, 15) is 4.79 Å². The Kier molecular flexibility index (Phi) is 4.24. The highest BCUT2D eigenvalue weighted by atomic mass is 79.9. The van der Waals surface area contributed by atoms with Crippen LogP contribution in [0.25, 0.3) is 0 Å². The van der Waals surface area contributed by atoms with E-state index in [1.165, 1.54) is 0 Å². The van der Waals surface area contributed by atoms with E-state index in [-0.39, 0.29) is 12.1 Å². The first-order valence-electron chi connectivity index (χ1n) is 6.08. The summed E-state index contributed by atoms with van der Waals surface area (Å²) in [4.78, 5) is 15.9. The quantitative estimate of drug-likeness (QED) is 0.926. The number of rotatable bonds is 4. The van der Waals surface area contributed by atoms with Crippen molar-refractivity contribution in [2.24, 2.45) is 0 Å². The van der Waals surface area contributed by atoms with Gasteiger partial charge < -0.3 is 10.2 Å². The van der Waals surface area contributed by atoms with Crippen LogP contribution in [-0.4, -0.2) is 44.2 Å². The van der Waals surface area contributed by atoms with Crippen LogP contribution >= 0.6 is 15.9 Å². The average molecular weight is 312 g/mol. The zero-order chi connectivity index (χ0) is 13.1. The molecule has 18 heavy (non-hydrogen) atoms. The van der Waals surface area contributed by atoms with Crippen molar-refractivity contribution in [1.29, 1.82) is 0 Å². The Labute approximate surface area is 116 Å². The van der Waals surface area contributed by atoms with E-state index in [4.69, 9.17) is 0 Å². The van der Waals surface area contributed by atoms with Crippen molar-refractivity contribution >= 4 is 27.6 Å². The third-order valence-corrected chi connectivity index (χ3v) is 3.81. The molecule has 1 fully saturated rings. The third kappa shape index (κ3) is 2.67. The van der Waals surface area contributed by atoms with Crippen molar-refractivity contribution < 1.29 is 4.79 Å². The van der Waals surface area contributed by atoms with Gasteiger partial charge in [-0.3, -0.25) is 4.90 Å². The molecule has 0 aromatic heterocycles. The molecular formula is C13H18BrN3O. The summed E-state index contributed by atoms with van der Waals surface area (Å²) >= 11 is 3.44. The van der Waals surface area contributed by atoms with Crippen LogP contribution in [0.5, 0.6) is 0 Å². The normalized spacial score (nSPS) is 19.7. The molecule has 0 saturated carbocycles. The second-order valence-electron chi connectivity index (χ2n) is 4.53. The second-order valence-corrected chi connectivity index (χ2v) is 5.45. The molecule has 0 aliphatic carbocycles. The Morgan fingerprint density at radius 1 is 1.50 bits per heavy atom. The first kappa shape index (κ1) is 13.4. The molecule has 0 radical (unpaired) electrons. The zero-order valence-electron chi connectivity index (χ0n) is 10.7. The number of urea groups is 1. The van der Waals surface area contributed by atoms with Gasteiger partial charge in [-0.1, -0.05) is 22.0 Å². The molecule has 1 N–H and O–H groups in total. The van der Waals surface area contributed by atoms with E-state index in [0.29, 0.717) is 0 Å². The van der Waals surface area contributed by atoms with Gasteiger partial charge in [0.15, 0.2) is 0 Å². The number of hydrogen-bond acceptors (Lipinski definition) is 2. The van der Waals surface area contributed by atoms with Crippen molar-refractivity contribution in [2.75, 3.05) is 32.1 Å². The summed E-state index contributed by atoms with van der Waals surface area (Å²) in [6.45, 7) is 1.68. The Balaban J connectivity index is 2.13. The molecule has 1 heterocycles. The molecule has 2 amide bonds. The molecule has 1 aromatic carbocycles. The molecule has 98 valence electrons. The molecule has 1 aliphatic heterocycles. The summed E-state index contributed by atoms with van der Waals surface area (Å²) in [7, 11) is 3.81. The summed E-state index contributed by atoms with van der Waals surface area (Å²) in [5, 5.41) is 3.13. The lowest BCUT2D eigenvalue weighted by atomic mass is 10.2. The zero-order valence-corrected chi connectivity index (χ0v) is 12.3. The number of anilines is 1. The number of hydrogen-bond donors (Lipinski definition) is 1. The third-order valence-electron chi connectivity index (χ3n) is 3.32. The molecule has 1 aliphatic rings. The number of nitrogens with one attached hydrogen (secondary N) is 1. The smallest absolute Gasteiger partial charge is 0.323 e. The van der Waals surface area contributed by atoms with Crippen molar-refractivity contribution in [2.45, 2.75) is 12.5 Å². The minimum absolute atomic E-state index is 0.0780. The van der Waals surface area contributed by atoms with E-state index in [0.717, 1.165) is 29.7 Å². The van der Waals surface area contributed by atoms with E-state index in [1.807, 2.05) is 48.2 Å². The molecule has 1 saturated heterocycles. The van der Waals surface area contributed by atoms with E-state index < -0.39 is 0 Å². The van der Waals surface area contributed by atoms with Gasteiger partial charge in [-0.2, -0.15) is 0 Å². The van der Waals surface area contributed by atoms with Gasteiger partial charge in [0, 0.05) is 23.8 Å². The van der Waals surface area contributed by atoms with Gasteiger partial charge in [-0.05, 0) is 38.2 Å². The van der Waals surface area contributed by atoms with E-state index in [2.05, 4.69) is 21.2 Å². The Morgan fingerprint density at radius 3 is 2.94 bits per heavy atom. The summed E-state index contributed by atoms with van der Waals surface area (Å²) in [5.41, 5.74) is 0.952. The maximum atomic E-state index is 12.2. The molecule has 1 atom stereocenters. The Bertz CT molecular complexity index is 438. The number of carbonyl (C=O) groups excluding carboxylic acids is 1. The molecule has 1 aromatic rings. The van der Waals surface area contributed by atoms with Gasteiger partial charge in [0.05, 0.1) is 6.04 Å². The lowest BCUT2D eigenvalue weighted by molar-refractivity contribution is 0.217. The van der Waals surface area contributed by atoms with Gasteiger partial charge >= 0.3 is 6.03 Å². The maximum absolute atomic E-state index is 12.2. The van der Waals surface area contributed by atoms with Crippen molar-refractivity contribution in [1.82, 2.24) is 10.2 Å². The van der Waals surface area contributed by atoms with Crippen LogP contribution in [0.3, 0.4) is 0 Å². The minimum atomic E-state index is 0.0780. The first-order chi connectivity index (χ1) is 8.63. The summed E-state index contributed by atoms with van der Waals surface area (Å²) in [5.74, 6) is 0. The number of benzene rings is 1. The summed E-state index contributed by atoms with van der Waals surface area (Å²) < 4.78 is 0.995. The van der Waals surface area contributed by atoms with Crippen LogP contribution < -0.4 is 10.2 Å². The average Bonchev–Trinajstić information content (AvgIpc) is 2.64. The molecule has 0 spiro atoms. The highest BCUT2D eigenvalue weighted by Gasteiger charge is 2.34. The summed E-state index contributed by atoms with van der Waals surface area (Å²) in [6.07, 6.45) is 0.975. The number of amides is 2. The standard InChI is InChI=1S/C13H18BrN3O/c1-15-7-6-12-9-17(13(18)16(12)2)11-5-3-4-10(14)8-11/h3-5,8,12,15H,6-7,9H2,1-2H3. The fourth-order valence-electron chi connectivity index (χ4n) is 2.21. The van der Waals surface area contributed by atoms with Gasteiger partial charge in [0.1, 0.15) is 0 Å². The lowest BCUT2D eigenvalue weighted by Crippen LogP contribution is -2.32. The van der Waals surface area contributed by atoms with Crippen LogP contribution in [0, 0.1) is 0 Å². The van der Waals surface area contributed by atoms with E-state index >= 15 is 0 Å². The molecule has 1 unspecified atom stereocenters. The number of carbonyl (C=O) groups is 1. The highest BCUT2D eigenvalue weighted by molar-refractivity contribution is 9.10. The number of likely N-dealkylation sites (N-methyl/N-ethyl adjacent to an activating group) is 1. The monoisotopic (exact) mass is 311 g/mol. The predicted octanol–water partition coefficient (Wildman–Crippen LogP) is 2.30. The minimum Gasteiger partial charge on any atom is -0.323 e. The SMILES string of the molecule is CNCCC1CN(c2cccc(Br)c2)C(=O)N1C. The predicted molar refractivity (Wildman–Crippen MR) is 77.0 cm³/mol. The van der Waals surface area contributed by atoms with E-state index in [1.54, 1.807) is 0 Å². The molecule has 5 heteroatoms. The molecule has 4 nitrogen and oxygen atoms in total. The fraction of sp³-hybridized carbons (Fsp3) is 0.462. The van der Waals surface area contributed by atoms with Crippen LogP contribution in [0.15, 0.2) is 28.7 Å². The highest BCUT2D eigenvalue weighted by Crippen LogP contribution is 2.26. The fourth-order valence-corrected chi connectivity index (χ4v) is 2.60. The number of halogens is 1. The topological polar surface area (TPSA) is 35.6 Å². The molecule has 2 rings (SSSR count). The Hall–Kier alpha value is -1.07. The number of nitrogens with zero attached hydrogens (tertiary/aromatic N) is 2. The molecular weight excluding hydrogens is 294 g/mol. The van der Waals surface area contributed by atoms with Gasteiger partial charge in [-0.25, -0.2) is 4.79 Å². The first-order valence-corrected chi connectivity index (χ1v) is 6.87. The van der Waals surface area contributed by atoms with Crippen molar-refractivity contribution in [3.63, 3.8) is 0 Å². The largest absolute Gasteiger partial charge is 0.324 e. The van der Waals surface area contributed by atoms with Crippen LogP contribution in [0.4, 0.5) is 10.5 Å². The van der Waals surface area contributed by atoms with Crippen molar-refractivity contribution in [3.8, 4) is 0 Å². The second kappa shape index (κ2) is 5.71. The van der Waals surface area contributed by atoms with Crippen LogP contribution in [0.2, 0.25) is 0 Å². The van der Waals surface area contributed by atoms with Gasteiger partial charge in [0.25, 0.3) is 0 Å². The summed E-state index contributed by atoms with van der Waals surface area (Å²) in [6, 6.07) is 8.22. The molecule has 0 bridgehead atoms. The van der Waals surface area contributed by atoms with Crippen molar-refractivity contribution in [3.05, 3.63) is 28.7 Å². The van der Waals surface area contributed by atoms with Gasteiger partial charge in [-0.15, -0.1) is 0 Å². The van der Waals surface area contributed by atoms with Crippen LogP contribution in [-0.2, 0) is 0 Å². The lowest BCUT2D eigenvalue weighted by Gasteiger charge is -2.17. The van der Waals surface area contributed by atoms with Gasteiger partial charge in [0.2, 0.25) is 0 Å².